The van der Waals surface area contributed by atoms with Gasteiger partial charge in [-0.1, -0.05) is 37.2 Å². The second kappa shape index (κ2) is 9.97. The highest BCUT2D eigenvalue weighted by Gasteiger charge is 2.21. The number of hydrogen-bond donors (Lipinski definition) is 1. The molecule has 1 aliphatic rings. The van der Waals surface area contributed by atoms with Crippen LogP contribution in [-0.2, 0) is 9.59 Å². The van der Waals surface area contributed by atoms with Crippen molar-refractivity contribution in [2.75, 3.05) is 36.8 Å². The van der Waals surface area contributed by atoms with Crippen LogP contribution in [0.3, 0.4) is 0 Å². The van der Waals surface area contributed by atoms with Crippen molar-refractivity contribution in [1.29, 1.82) is 0 Å². The Bertz CT molecular complexity index is 638. The number of nitrogens with zero attached hydrogens (tertiary/aromatic N) is 4. The zero-order valence-corrected chi connectivity index (χ0v) is 17.1. The Morgan fingerprint density at radius 2 is 1.96 bits per heavy atom. The maximum absolute atomic E-state index is 11.9. The zero-order valence-electron chi connectivity index (χ0n) is 15.5. The van der Waals surface area contributed by atoms with Crippen molar-refractivity contribution in [3.05, 3.63) is 11.2 Å². The molecule has 7 nitrogen and oxygen atoms in total. The smallest absolute Gasteiger partial charge is 0.230 e. The van der Waals surface area contributed by atoms with Crippen LogP contribution in [0.15, 0.2) is 11.2 Å². The van der Waals surface area contributed by atoms with Gasteiger partial charge in [0, 0.05) is 44.7 Å². The van der Waals surface area contributed by atoms with E-state index in [-0.39, 0.29) is 23.6 Å². The van der Waals surface area contributed by atoms with E-state index in [0.717, 1.165) is 12.2 Å². The Labute approximate surface area is 163 Å². The number of piperazine rings is 1. The van der Waals surface area contributed by atoms with Gasteiger partial charge in [0.25, 0.3) is 0 Å². The van der Waals surface area contributed by atoms with E-state index in [0.29, 0.717) is 42.9 Å². The molecule has 0 spiro atoms. The molecule has 0 saturated carbocycles. The first-order valence-corrected chi connectivity index (χ1v) is 10.3. The Hall–Kier alpha value is -1.54. The fourth-order valence-electron chi connectivity index (χ4n) is 2.57. The van der Waals surface area contributed by atoms with E-state index in [1.807, 2.05) is 25.7 Å². The summed E-state index contributed by atoms with van der Waals surface area (Å²) in [4.78, 5) is 36.4. The van der Waals surface area contributed by atoms with Crippen molar-refractivity contribution in [2.45, 2.75) is 44.8 Å². The number of nitrogens with one attached hydrogen (secondary N) is 1. The Balaban J connectivity index is 1.95. The highest BCUT2D eigenvalue weighted by atomic mass is 35.5. The Morgan fingerprint density at radius 3 is 2.58 bits per heavy atom. The quantitative estimate of drug-likeness (QED) is 0.430. The summed E-state index contributed by atoms with van der Waals surface area (Å²) in [5.74, 6) is 1.12. The van der Waals surface area contributed by atoms with Gasteiger partial charge in [-0.3, -0.25) is 9.59 Å². The predicted octanol–water partition coefficient (Wildman–Crippen LogP) is 2.20. The molecular weight excluding hydrogens is 374 g/mol. The van der Waals surface area contributed by atoms with Crippen LogP contribution in [-0.4, -0.2) is 64.7 Å². The highest BCUT2D eigenvalue weighted by molar-refractivity contribution is 7.99. The SMILES string of the molecule is CCC(=O)N1CCN(c2cc(Cl)nc(SCC(=O)N[C@H](C)CC)n2)CC1. The lowest BCUT2D eigenvalue weighted by molar-refractivity contribution is -0.131. The molecule has 1 N–H and O–H groups in total. The summed E-state index contributed by atoms with van der Waals surface area (Å²) in [5.41, 5.74) is 0. The molecule has 0 bridgehead atoms. The number of thioether (sulfide) groups is 1. The number of anilines is 1. The summed E-state index contributed by atoms with van der Waals surface area (Å²) >= 11 is 7.41. The van der Waals surface area contributed by atoms with E-state index < -0.39 is 0 Å². The summed E-state index contributed by atoms with van der Waals surface area (Å²) in [6.45, 7) is 8.63. The average molecular weight is 400 g/mol. The normalized spacial score (nSPS) is 15.7. The van der Waals surface area contributed by atoms with Crippen molar-refractivity contribution in [1.82, 2.24) is 20.2 Å². The molecule has 1 atom stereocenters. The third kappa shape index (κ3) is 6.02. The lowest BCUT2D eigenvalue weighted by Crippen LogP contribution is -2.48. The second-order valence-corrected chi connectivity index (χ2v) is 7.55. The van der Waals surface area contributed by atoms with Crippen LogP contribution >= 0.6 is 23.4 Å². The number of halogens is 1. The van der Waals surface area contributed by atoms with Gasteiger partial charge < -0.3 is 15.1 Å². The molecule has 26 heavy (non-hydrogen) atoms. The maximum atomic E-state index is 11.9. The minimum Gasteiger partial charge on any atom is -0.353 e. The molecule has 0 aromatic carbocycles. The molecule has 1 aliphatic heterocycles. The topological polar surface area (TPSA) is 78.4 Å². The maximum Gasteiger partial charge on any atom is 0.230 e. The van der Waals surface area contributed by atoms with E-state index in [9.17, 15) is 9.59 Å². The van der Waals surface area contributed by atoms with Crippen molar-refractivity contribution in [3.63, 3.8) is 0 Å². The molecule has 2 amide bonds. The second-order valence-electron chi connectivity index (χ2n) is 6.22. The molecule has 144 valence electrons. The fourth-order valence-corrected chi connectivity index (χ4v) is 3.46. The first kappa shape index (κ1) is 20.8. The molecule has 0 radical (unpaired) electrons. The van der Waals surface area contributed by atoms with Gasteiger partial charge in [0.15, 0.2) is 5.16 Å². The molecular formula is C17H26ClN5O2S. The summed E-state index contributed by atoms with van der Waals surface area (Å²) in [6.07, 6.45) is 1.42. The highest BCUT2D eigenvalue weighted by Crippen LogP contribution is 2.23. The van der Waals surface area contributed by atoms with Gasteiger partial charge in [0.2, 0.25) is 11.8 Å². The first-order valence-electron chi connectivity index (χ1n) is 8.92. The van der Waals surface area contributed by atoms with Gasteiger partial charge in [-0.05, 0) is 13.3 Å². The van der Waals surface area contributed by atoms with Crippen LogP contribution in [0.2, 0.25) is 5.15 Å². The largest absolute Gasteiger partial charge is 0.353 e. The van der Waals surface area contributed by atoms with E-state index in [2.05, 4.69) is 20.2 Å². The van der Waals surface area contributed by atoms with Crippen molar-refractivity contribution in [2.24, 2.45) is 0 Å². The predicted molar refractivity (Wildman–Crippen MR) is 105 cm³/mol. The molecule has 9 heteroatoms. The Morgan fingerprint density at radius 1 is 1.27 bits per heavy atom. The number of amides is 2. The number of carbonyl (C=O) groups excluding carboxylic acids is 2. The molecule has 2 rings (SSSR count). The van der Waals surface area contributed by atoms with Crippen LogP contribution in [0.4, 0.5) is 5.82 Å². The zero-order chi connectivity index (χ0) is 19.1. The molecule has 2 heterocycles. The minimum absolute atomic E-state index is 0.0406. The van der Waals surface area contributed by atoms with E-state index in [1.165, 1.54) is 11.8 Å². The van der Waals surface area contributed by atoms with Crippen LogP contribution in [0.25, 0.3) is 0 Å². The lowest BCUT2D eigenvalue weighted by atomic mass is 10.3. The van der Waals surface area contributed by atoms with Gasteiger partial charge in [-0.15, -0.1) is 0 Å². The molecule has 1 fully saturated rings. The third-order valence-electron chi connectivity index (χ3n) is 4.27. The number of hydrogen-bond acceptors (Lipinski definition) is 6. The molecule has 1 saturated heterocycles. The van der Waals surface area contributed by atoms with Crippen LogP contribution in [0.5, 0.6) is 0 Å². The standard InChI is InChI=1S/C17H26ClN5O2S/c1-4-12(3)19-15(24)11-26-17-20-13(18)10-14(21-17)22-6-8-23(9-7-22)16(25)5-2/h10,12H,4-9,11H2,1-3H3,(H,19,24)/t12-/m1/s1. The van der Waals surface area contributed by atoms with Gasteiger partial charge in [0.1, 0.15) is 11.0 Å². The van der Waals surface area contributed by atoms with Crippen LogP contribution < -0.4 is 10.2 Å². The van der Waals surface area contributed by atoms with Gasteiger partial charge in [-0.2, -0.15) is 0 Å². The molecule has 1 aromatic heterocycles. The average Bonchev–Trinajstić information content (AvgIpc) is 2.65. The number of carbonyl (C=O) groups is 2. The lowest BCUT2D eigenvalue weighted by Gasteiger charge is -2.35. The monoisotopic (exact) mass is 399 g/mol. The minimum atomic E-state index is -0.0406. The summed E-state index contributed by atoms with van der Waals surface area (Å²) in [6, 6.07) is 1.88. The van der Waals surface area contributed by atoms with Gasteiger partial charge >= 0.3 is 0 Å². The first-order chi connectivity index (χ1) is 12.4. The van der Waals surface area contributed by atoms with Crippen molar-refractivity contribution >= 4 is 41.0 Å². The van der Waals surface area contributed by atoms with Crippen LogP contribution in [0, 0.1) is 0 Å². The number of aromatic nitrogens is 2. The summed E-state index contributed by atoms with van der Waals surface area (Å²) in [5, 5.41) is 3.76. The Kier molecular flexibility index (Phi) is 7.96. The van der Waals surface area contributed by atoms with Crippen molar-refractivity contribution in [3.8, 4) is 0 Å². The van der Waals surface area contributed by atoms with E-state index >= 15 is 0 Å². The third-order valence-corrected chi connectivity index (χ3v) is 5.31. The van der Waals surface area contributed by atoms with E-state index in [1.54, 1.807) is 6.07 Å². The van der Waals surface area contributed by atoms with E-state index in [4.69, 9.17) is 11.6 Å². The molecule has 0 aliphatic carbocycles. The number of rotatable bonds is 7. The summed E-state index contributed by atoms with van der Waals surface area (Å²) < 4.78 is 0. The van der Waals surface area contributed by atoms with Crippen molar-refractivity contribution < 1.29 is 9.59 Å². The van der Waals surface area contributed by atoms with Gasteiger partial charge in [-0.25, -0.2) is 9.97 Å². The fraction of sp³-hybridized carbons (Fsp3) is 0.647. The molecule has 0 unspecified atom stereocenters. The molecule has 1 aromatic rings. The van der Waals surface area contributed by atoms with Crippen LogP contribution in [0.1, 0.15) is 33.6 Å². The van der Waals surface area contributed by atoms with Gasteiger partial charge in [0.05, 0.1) is 5.75 Å². The summed E-state index contributed by atoms with van der Waals surface area (Å²) in [7, 11) is 0.